The summed E-state index contributed by atoms with van der Waals surface area (Å²) in [4.78, 5) is 44.5. The van der Waals surface area contributed by atoms with Crippen LogP contribution in [0.3, 0.4) is 0 Å². The summed E-state index contributed by atoms with van der Waals surface area (Å²) in [5.41, 5.74) is 0.143. The summed E-state index contributed by atoms with van der Waals surface area (Å²) in [6.07, 6.45) is -1.71. The van der Waals surface area contributed by atoms with E-state index in [0.29, 0.717) is 11.1 Å². The first-order valence-electron chi connectivity index (χ1n) is 9.90. The van der Waals surface area contributed by atoms with E-state index in [-0.39, 0.29) is 44.7 Å². The van der Waals surface area contributed by atoms with E-state index in [1.54, 1.807) is 24.3 Å². The van der Waals surface area contributed by atoms with E-state index < -0.39 is 23.5 Å². The second-order valence-electron chi connectivity index (χ2n) is 7.38. The van der Waals surface area contributed by atoms with Gasteiger partial charge in [-0.2, -0.15) is 0 Å². The molecule has 0 unspecified atom stereocenters. The molecule has 0 saturated carbocycles. The van der Waals surface area contributed by atoms with Crippen LogP contribution in [0.5, 0.6) is 0 Å². The maximum Gasteiger partial charge on any atom is 0.347 e. The zero-order chi connectivity index (χ0) is 24.0. The summed E-state index contributed by atoms with van der Waals surface area (Å²) in [6.45, 7) is 0. The van der Waals surface area contributed by atoms with Crippen LogP contribution in [0.4, 0.5) is 0 Å². The molecule has 3 aromatic carbocycles. The van der Waals surface area contributed by atoms with Gasteiger partial charge in [0.25, 0.3) is 0 Å². The number of carboxylic acid groups (broad SMARTS) is 1. The number of carboxylic acids is 1. The number of nitrogens with zero attached hydrogens (tertiary/aromatic N) is 2. The number of hydrogen-bond donors (Lipinski definition) is 3. The Balaban J connectivity index is 1.55. The first kappa shape index (κ1) is 21.2. The molecule has 0 saturated heterocycles. The van der Waals surface area contributed by atoms with Gasteiger partial charge >= 0.3 is 17.2 Å². The number of benzene rings is 3. The lowest BCUT2D eigenvalue weighted by Crippen LogP contribution is -2.05. The molecule has 0 aliphatic heterocycles. The summed E-state index contributed by atoms with van der Waals surface area (Å²) in [5.74, 6) is -1.15. The Morgan fingerprint density at radius 3 is 1.74 bits per heavy atom. The lowest BCUT2D eigenvalue weighted by Gasteiger charge is -2.06. The minimum atomic E-state index is -1.71. The fourth-order valence-corrected chi connectivity index (χ4v) is 3.46. The van der Waals surface area contributed by atoms with Gasteiger partial charge in [-0.15, -0.1) is 0 Å². The van der Waals surface area contributed by atoms with Crippen LogP contribution >= 0.6 is 0 Å². The van der Waals surface area contributed by atoms with Gasteiger partial charge in [-0.3, -0.25) is 0 Å². The van der Waals surface area contributed by atoms with E-state index in [1.165, 1.54) is 36.4 Å². The topological polar surface area (TPSA) is 164 Å². The summed E-state index contributed by atoms with van der Waals surface area (Å²) < 4.78 is 10.6. The zero-order valence-electron chi connectivity index (χ0n) is 17.1. The quantitative estimate of drug-likeness (QED) is 0.341. The van der Waals surface area contributed by atoms with E-state index in [2.05, 4.69) is 9.97 Å². The van der Waals surface area contributed by atoms with Gasteiger partial charge in [0.1, 0.15) is 0 Å². The third-order valence-electron chi connectivity index (χ3n) is 5.21. The van der Waals surface area contributed by atoms with Gasteiger partial charge in [0.15, 0.2) is 6.29 Å². The second kappa shape index (κ2) is 8.03. The third-order valence-corrected chi connectivity index (χ3v) is 5.21. The number of fused-ring (bicyclic) bond motifs is 2. The standard InChI is InChI=1S/C24H14N2O8/c27-21(28)13-5-7-15-17(9-13)25-19(33-23(15)31)11-1-2-12(4-3-11)20-26-18-10-14(22(29)30)6-8-16(18)24(32)34-20/h1-10,21,27-28H,(H,29,30). The Labute approximate surface area is 189 Å². The average molecular weight is 458 g/mol. The van der Waals surface area contributed by atoms with Crippen molar-refractivity contribution < 1.29 is 28.9 Å². The molecule has 0 radical (unpaired) electrons. The molecule has 0 atom stereocenters. The maximum absolute atomic E-state index is 12.3. The van der Waals surface area contributed by atoms with Crippen molar-refractivity contribution in [2.45, 2.75) is 6.29 Å². The van der Waals surface area contributed by atoms with Gasteiger partial charge in [-0.1, -0.05) is 6.07 Å². The molecule has 168 valence electrons. The highest BCUT2D eigenvalue weighted by molar-refractivity contribution is 5.93. The normalized spacial score (nSPS) is 11.4. The van der Waals surface area contributed by atoms with Crippen LogP contribution in [0.25, 0.3) is 44.7 Å². The van der Waals surface area contributed by atoms with E-state index in [0.717, 1.165) is 0 Å². The van der Waals surface area contributed by atoms with Gasteiger partial charge in [-0.25, -0.2) is 24.4 Å². The fraction of sp³-hybridized carbons (Fsp3) is 0.0417. The Kier molecular flexibility index (Phi) is 5.01. The molecule has 2 aromatic heterocycles. The molecule has 0 fully saturated rings. The summed E-state index contributed by atoms with van der Waals surface area (Å²) in [7, 11) is 0. The van der Waals surface area contributed by atoms with Gasteiger partial charge < -0.3 is 24.2 Å². The Morgan fingerprint density at radius 2 is 1.24 bits per heavy atom. The van der Waals surface area contributed by atoms with E-state index in [9.17, 15) is 29.7 Å². The molecular formula is C24H14N2O8. The number of aromatic carboxylic acids is 1. The summed E-state index contributed by atoms with van der Waals surface area (Å²) in [6, 6.07) is 14.4. The molecule has 0 bridgehead atoms. The van der Waals surface area contributed by atoms with Gasteiger partial charge in [-0.05, 0) is 54.6 Å². The SMILES string of the molecule is O=C(O)c1ccc2c(=O)oc(-c3ccc(-c4nc5cc(C(O)O)ccc5c(=O)o4)cc3)nc2c1. The maximum atomic E-state index is 12.3. The number of rotatable bonds is 4. The molecule has 5 aromatic rings. The van der Waals surface area contributed by atoms with E-state index in [4.69, 9.17) is 8.83 Å². The van der Waals surface area contributed by atoms with Gasteiger partial charge in [0.05, 0.1) is 27.4 Å². The van der Waals surface area contributed by atoms with Crippen molar-refractivity contribution in [3.05, 3.63) is 92.6 Å². The van der Waals surface area contributed by atoms with Crippen molar-refractivity contribution in [1.29, 1.82) is 0 Å². The van der Waals surface area contributed by atoms with Crippen molar-refractivity contribution in [2.75, 3.05) is 0 Å². The Hall–Kier alpha value is -4.67. The smallest absolute Gasteiger partial charge is 0.347 e. The molecule has 10 nitrogen and oxygen atoms in total. The highest BCUT2D eigenvalue weighted by Gasteiger charge is 2.14. The van der Waals surface area contributed by atoms with Crippen molar-refractivity contribution in [3.8, 4) is 22.9 Å². The highest BCUT2D eigenvalue weighted by atomic mass is 16.5. The first-order valence-corrected chi connectivity index (χ1v) is 9.90. The highest BCUT2D eigenvalue weighted by Crippen LogP contribution is 2.25. The van der Waals surface area contributed by atoms with Crippen LogP contribution in [0.15, 0.2) is 79.1 Å². The predicted molar refractivity (Wildman–Crippen MR) is 119 cm³/mol. The van der Waals surface area contributed by atoms with E-state index in [1.807, 2.05) is 0 Å². The van der Waals surface area contributed by atoms with Crippen molar-refractivity contribution in [1.82, 2.24) is 9.97 Å². The number of aromatic nitrogens is 2. The number of aliphatic hydroxyl groups excluding tert-OH is 1. The van der Waals surface area contributed by atoms with Gasteiger partial charge in [0.2, 0.25) is 11.8 Å². The number of hydrogen-bond acceptors (Lipinski definition) is 9. The molecule has 0 amide bonds. The Bertz CT molecular complexity index is 1700. The monoisotopic (exact) mass is 458 g/mol. The fourth-order valence-electron chi connectivity index (χ4n) is 3.46. The molecule has 0 spiro atoms. The van der Waals surface area contributed by atoms with Crippen molar-refractivity contribution >= 4 is 27.8 Å². The van der Waals surface area contributed by atoms with Crippen LogP contribution < -0.4 is 11.3 Å². The second-order valence-corrected chi connectivity index (χ2v) is 7.38. The molecular weight excluding hydrogens is 444 g/mol. The van der Waals surface area contributed by atoms with Crippen molar-refractivity contribution in [3.63, 3.8) is 0 Å². The van der Waals surface area contributed by atoms with Crippen LogP contribution in [-0.2, 0) is 0 Å². The zero-order valence-corrected chi connectivity index (χ0v) is 17.1. The number of carbonyl (C=O) groups is 1. The molecule has 10 heteroatoms. The van der Waals surface area contributed by atoms with E-state index >= 15 is 0 Å². The average Bonchev–Trinajstić information content (AvgIpc) is 2.83. The molecule has 34 heavy (non-hydrogen) atoms. The largest absolute Gasteiger partial charge is 0.478 e. The third kappa shape index (κ3) is 3.72. The minimum absolute atomic E-state index is 0.00709. The molecule has 0 aliphatic rings. The lowest BCUT2D eigenvalue weighted by atomic mass is 10.1. The predicted octanol–water partition coefficient (Wildman–Crippen LogP) is 2.70. The molecule has 3 N–H and O–H groups in total. The summed E-state index contributed by atoms with van der Waals surface area (Å²) in [5, 5.41) is 28.2. The molecule has 0 aliphatic carbocycles. The lowest BCUT2D eigenvalue weighted by molar-refractivity contribution is -0.0424. The van der Waals surface area contributed by atoms with Crippen LogP contribution in [0.1, 0.15) is 22.2 Å². The number of aliphatic hydroxyl groups is 2. The van der Waals surface area contributed by atoms with Crippen molar-refractivity contribution in [2.24, 2.45) is 0 Å². The minimum Gasteiger partial charge on any atom is -0.478 e. The molecule has 2 heterocycles. The first-order chi connectivity index (χ1) is 16.3. The van der Waals surface area contributed by atoms with Gasteiger partial charge in [0, 0.05) is 16.7 Å². The van der Waals surface area contributed by atoms with Crippen LogP contribution in [-0.4, -0.2) is 31.3 Å². The van der Waals surface area contributed by atoms with Crippen LogP contribution in [0.2, 0.25) is 0 Å². The summed E-state index contributed by atoms with van der Waals surface area (Å²) >= 11 is 0. The van der Waals surface area contributed by atoms with Crippen LogP contribution in [0, 0.1) is 0 Å². The Morgan fingerprint density at radius 1 is 0.735 bits per heavy atom. The molecule has 5 rings (SSSR count).